The Hall–Kier alpha value is -1.54. The fourth-order valence-corrected chi connectivity index (χ4v) is 4.36. The Balaban J connectivity index is 1.60. The summed E-state index contributed by atoms with van der Waals surface area (Å²) in [6.07, 6.45) is 7.06. The van der Waals surface area contributed by atoms with Gasteiger partial charge >= 0.3 is 0 Å². The van der Waals surface area contributed by atoms with Crippen molar-refractivity contribution >= 4 is 16.5 Å². The van der Waals surface area contributed by atoms with E-state index < -0.39 is 0 Å². The Labute approximate surface area is 126 Å². The second-order valence-corrected chi connectivity index (χ2v) is 6.77. The minimum Gasteiger partial charge on any atom is -0.398 e. The van der Waals surface area contributed by atoms with Crippen LogP contribution in [0.3, 0.4) is 0 Å². The Morgan fingerprint density at radius 3 is 2.62 bits per heavy atom. The molecule has 1 heterocycles. The van der Waals surface area contributed by atoms with Crippen LogP contribution in [0.2, 0.25) is 0 Å². The molecule has 2 N–H and O–H groups in total. The van der Waals surface area contributed by atoms with Gasteiger partial charge in [-0.1, -0.05) is 37.1 Å². The molecule has 110 valence electrons. The van der Waals surface area contributed by atoms with Crippen molar-refractivity contribution in [2.45, 2.75) is 44.7 Å². The van der Waals surface area contributed by atoms with E-state index >= 15 is 0 Å². The lowest BCUT2D eigenvalue weighted by Gasteiger charge is -2.32. The number of rotatable bonds is 2. The van der Waals surface area contributed by atoms with E-state index in [0.717, 1.165) is 24.2 Å². The van der Waals surface area contributed by atoms with Crippen LogP contribution in [0, 0.1) is 5.92 Å². The molecule has 0 radical (unpaired) electrons. The molecule has 2 aromatic carbocycles. The molecule has 1 saturated heterocycles. The number of anilines is 1. The fourth-order valence-electron chi connectivity index (χ4n) is 4.36. The number of nitrogens with zero attached hydrogens (tertiary/aromatic N) is 1. The maximum atomic E-state index is 6.31. The molecule has 0 spiro atoms. The molecular formula is C19H24N2. The summed E-state index contributed by atoms with van der Waals surface area (Å²) in [5.74, 6) is 0.945. The largest absolute Gasteiger partial charge is 0.398 e. The Morgan fingerprint density at radius 2 is 1.76 bits per heavy atom. The monoisotopic (exact) mass is 280 g/mol. The van der Waals surface area contributed by atoms with Crippen molar-refractivity contribution in [3.8, 4) is 0 Å². The molecule has 1 aliphatic carbocycles. The van der Waals surface area contributed by atoms with Crippen molar-refractivity contribution in [1.29, 1.82) is 0 Å². The number of likely N-dealkylation sites (tertiary alicyclic amines) is 1. The van der Waals surface area contributed by atoms with Crippen LogP contribution in [0.5, 0.6) is 0 Å². The Morgan fingerprint density at radius 1 is 1.00 bits per heavy atom. The quantitative estimate of drug-likeness (QED) is 0.836. The van der Waals surface area contributed by atoms with E-state index in [1.807, 2.05) is 0 Å². The van der Waals surface area contributed by atoms with Gasteiger partial charge in [0.05, 0.1) is 0 Å². The number of hydrogen-bond acceptors (Lipinski definition) is 2. The Bertz CT molecular complexity index is 649. The van der Waals surface area contributed by atoms with Gasteiger partial charge in [0.1, 0.15) is 0 Å². The van der Waals surface area contributed by atoms with Gasteiger partial charge in [-0.15, -0.1) is 0 Å². The van der Waals surface area contributed by atoms with Gasteiger partial charge in [0.2, 0.25) is 0 Å². The predicted molar refractivity (Wildman–Crippen MR) is 89.1 cm³/mol. The zero-order chi connectivity index (χ0) is 14.2. The molecule has 21 heavy (non-hydrogen) atoms. The van der Waals surface area contributed by atoms with Crippen LogP contribution < -0.4 is 5.73 Å². The van der Waals surface area contributed by atoms with Gasteiger partial charge in [0.15, 0.2) is 0 Å². The molecule has 4 rings (SSSR count). The van der Waals surface area contributed by atoms with Gasteiger partial charge in [0.25, 0.3) is 0 Å². The second kappa shape index (κ2) is 5.34. The molecular weight excluding hydrogens is 256 g/mol. The van der Waals surface area contributed by atoms with Crippen LogP contribution in [0.4, 0.5) is 5.69 Å². The third kappa shape index (κ3) is 2.42. The first-order chi connectivity index (χ1) is 10.3. The SMILES string of the molecule is Nc1cc2ccccc2cc1CN1CCC2CCCCC21. The molecule has 2 fully saturated rings. The predicted octanol–water partition coefficient (Wildman–Crippen LogP) is 4.19. The first kappa shape index (κ1) is 13.1. The van der Waals surface area contributed by atoms with Crippen LogP contribution in [0.25, 0.3) is 10.8 Å². The highest BCUT2D eigenvalue weighted by atomic mass is 15.2. The summed E-state index contributed by atoms with van der Waals surface area (Å²) >= 11 is 0. The summed E-state index contributed by atoms with van der Waals surface area (Å²) in [6.45, 7) is 2.28. The zero-order valence-electron chi connectivity index (χ0n) is 12.6. The first-order valence-electron chi connectivity index (χ1n) is 8.32. The summed E-state index contributed by atoms with van der Waals surface area (Å²) < 4.78 is 0. The number of fused-ring (bicyclic) bond motifs is 2. The Kier molecular flexibility index (Phi) is 3.34. The van der Waals surface area contributed by atoms with Crippen LogP contribution in [-0.4, -0.2) is 17.5 Å². The maximum absolute atomic E-state index is 6.31. The summed E-state index contributed by atoms with van der Waals surface area (Å²) in [7, 11) is 0. The molecule has 0 aromatic heterocycles. The van der Waals surface area contributed by atoms with Crippen LogP contribution in [-0.2, 0) is 6.54 Å². The van der Waals surface area contributed by atoms with E-state index in [2.05, 4.69) is 41.3 Å². The summed E-state index contributed by atoms with van der Waals surface area (Å²) in [5.41, 5.74) is 8.56. The summed E-state index contributed by atoms with van der Waals surface area (Å²) in [4.78, 5) is 2.68. The molecule has 2 atom stereocenters. The van der Waals surface area contributed by atoms with Crippen LogP contribution in [0.15, 0.2) is 36.4 Å². The van der Waals surface area contributed by atoms with Crippen molar-refractivity contribution < 1.29 is 0 Å². The van der Waals surface area contributed by atoms with E-state index in [4.69, 9.17) is 5.73 Å². The highest BCUT2D eigenvalue weighted by Crippen LogP contribution is 2.37. The highest BCUT2D eigenvalue weighted by molar-refractivity contribution is 5.86. The van der Waals surface area contributed by atoms with Gasteiger partial charge in [-0.25, -0.2) is 0 Å². The minimum atomic E-state index is 0.810. The van der Waals surface area contributed by atoms with Crippen molar-refractivity contribution in [2.24, 2.45) is 5.92 Å². The fraction of sp³-hybridized carbons (Fsp3) is 0.474. The molecule has 0 bridgehead atoms. The topological polar surface area (TPSA) is 29.3 Å². The van der Waals surface area contributed by atoms with E-state index in [1.165, 1.54) is 55.0 Å². The number of hydrogen-bond donors (Lipinski definition) is 1. The lowest BCUT2D eigenvalue weighted by atomic mass is 9.85. The van der Waals surface area contributed by atoms with E-state index in [9.17, 15) is 0 Å². The molecule has 0 amide bonds. The van der Waals surface area contributed by atoms with Gasteiger partial charge in [0, 0.05) is 18.3 Å². The van der Waals surface area contributed by atoms with E-state index in [-0.39, 0.29) is 0 Å². The first-order valence-corrected chi connectivity index (χ1v) is 8.32. The maximum Gasteiger partial charge on any atom is 0.0366 e. The van der Waals surface area contributed by atoms with Crippen LogP contribution in [0.1, 0.15) is 37.7 Å². The number of nitrogens with two attached hydrogens (primary N) is 1. The van der Waals surface area contributed by atoms with Crippen molar-refractivity contribution in [3.63, 3.8) is 0 Å². The third-order valence-corrected chi connectivity index (χ3v) is 5.51. The van der Waals surface area contributed by atoms with Crippen molar-refractivity contribution in [2.75, 3.05) is 12.3 Å². The third-order valence-electron chi connectivity index (χ3n) is 5.51. The van der Waals surface area contributed by atoms with Crippen molar-refractivity contribution in [1.82, 2.24) is 4.90 Å². The average molecular weight is 280 g/mol. The normalized spacial score (nSPS) is 26.1. The number of benzene rings is 2. The molecule has 2 unspecified atom stereocenters. The number of nitrogen functional groups attached to an aromatic ring is 1. The second-order valence-electron chi connectivity index (χ2n) is 6.77. The van der Waals surface area contributed by atoms with E-state index in [0.29, 0.717) is 0 Å². The van der Waals surface area contributed by atoms with Gasteiger partial charge in [-0.05, 0) is 60.2 Å². The lowest BCUT2D eigenvalue weighted by molar-refractivity contribution is 0.176. The molecule has 2 nitrogen and oxygen atoms in total. The van der Waals surface area contributed by atoms with Crippen LogP contribution >= 0.6 is 0 Å². The summed E-state index contributed by atoms with van der Waals surface area (Å²) in [6, 6.07) is 13.8. The molecule has 2 heteroatoms. The molecule has 1 aliphatic heterocycles. The lowest BCUT2D eigenvalue weighted by Crippen LogP contribution is -2.34. The van der Waals surface area contributed by atoms with Gasteiger partial charge in [-0.2, -0.15) is 0 Å². The van der Waals surface area contributed by atoms with Gasteiger partial charge in [-0.3, -0.25) is 4.90 Å². The summed E-state index contributed by atoms with van der Waals surface area (Å²) in [5, 5.41) is 2.55. The molecule has 2 aliphatic rings. The zero-order valence-corrected chi connectivity index (χ0v) is 12.6. The average Bonchev–Trinajstić information content (AvgIpc) is 2.91. The molecule has 1 saturated carbocycles. The smallest absolute Gasteiger partial charge is 0.0366 e. The minimum absolute atomic E-state index is 0.810. The molecule has 2 aromatic rings. The van der Waals surface area contributed by atoms with Crippen molar-refractivity contribution in [3.05, 3.63) is 42.0 Å². The van der Waals surface area contributed by atoms with E-state index in [1.54, 1.807) is 0 Å². The van der Waals surface area contributed by atoms with Gasteiger partial charge < -0.3 is 5.73 Å². The standard InChI is InChI=1S/C19H24N2/c20-18-12-16-7-2-1-6-15(16)11-17(18)13-21-10-9-14-5-3-4-8-19(14)21/h1-2,6-7,11-12,14,19H,3-5,8-10,13,20H2. The highest BCUT2D eigenvalue weighted by Gasteiger charge is 2.35.